The van der Waals surface area contributed by atoms with Crippen LogP contribution in [0.3, 0.4) is 0 Å². The molecule has 0 aliphatic rings. The van der Waals surface area contributed by atoms with Gasteiger partial charge in [0.1, 0.15) is 18.2 Å². The standard InChI is InChI=1S/C21H17N2O/c1-13-4-7-19(23(3)12-13)17-10-21-18(8-14(17)2)16-6-5-15(11-22)9-20(16)24-21/h4-10,12H,1-3H3/q+1. The second-order valence-corrected chi connectivity index (χ2v) is 6.29. The molecular weight excluding hydrogens is 296 g/mol. The fourth-order valence-corrected chi connectivity index (χ4v) is 3.30. The molecule has 3 heteroatoms. The van der Waals surface area contributed by atoms with Gasteiger partial charge in [0, 0.05) is 22.4 Å². The summed E-state index contributed by atoms with van der Waals surface area (Å²) in [4.78, 5) is 0. The molecule has 0 bridgehead atoms. The average molecular weight is 313 g/mol. The summed E-state index contributed by atoms with van der Waals surface area (Å²) in [7, 11) is 2.06. The smallest absolute Gasteiger partial charge is 0.212 e. The summed E-state index contributed by atoms with van der Waals surface area (Å²) in [5.74, 6) is 0. The van der Waals surface area contributed by atoms with Crippen LogP contribution in [-0.4, -0.2) is 0 Å². The highest BCUT2D eigenvalue weighted by Gasteiger charge is 2.16. The normalized spacial score (nSPS) is 11.1. The minimum Gasteiger partial charge on any atom is -0.456 e. The molecule has 0 unspecified atom stereocenters. The molecule has 0 aliphatic heterocycles. The topological polar surface area (TPSA) is 40.8 Å². The van der Waals surface area contributed by atoms with Crippen molar-refractivity contribution in [3.63, 3.8) is 0 Å². The quantitative estimate of drug-likeness (QED) is 0.483. The van der Waals surface area contributed by atoms with E-state index in [-0.39, 0.29) is 0 Å². The molecule has 0 radical (unpaired) electrons. The van der Waals surface area contributed by atoms with Gasteiger partial charge in [0.2, 0.25) is 5.69 Å². The molecule has 0 amide bonds. The second-order valence-electron chi connectivity index (χ2n) is 6.29. The van der Waals surface area contributed by atoms with Crippen LogP contribution < -0.4 is 4.57 Å². The zero-order valence-electron chi connectivity index (χ0n) is 13.9. The van der Waals surface area contributed by atoms with Crippen LogP contribution in [0, 0.1) is 25.2 Å². The number of hydrogen-bond donors (Lipinski definition) is 0. The van der Waals surface area contributed by atoms with Crippen molar-refractivity contribution < 1.29 is 8.98 Å². The summed E-state index contributed by atoms with van der Waals surface area (Å²) in [6.45, 7) is 4.21. The van der Waals surface area contributed by atoms with E-state index < -0.39 is 0 Å². The van der Waals surface area contributed by atoms with Crippen molar-refractivity contribution in [1.82, 2.24) is 0 Å². The van der Waals surface area contributed by atoms with Crippen LogP contribution >= 0.6 is 0 Å². The Hall–Kier alpha value is -3.12. The minimum atomic E-state index is 0.614. The highest BCUT2D eigenvalue weighted by Crippen LogP contribution is 2.34. The molecule has 0 aliphatic carbocycles. The molecule has 3 nitrogen and oxygen atoms in total. The molecule has 2 aromatic carbocycles. The summed E-state index contributed by atoms with van der Waals surface area (Å²) >= 11 is 0. The lowest BCUT2D eigenvalue weighted by molar-refractivity contribution is -0.660. The van der Waals surface area contributed by atoms with Crippen LogP contribution in [-0.2, 0) is 7.05 Å². The largest absolute Gasteiger partial charge is 0.456 e. The number of aryl methyl sites for hydroxylation is 3. The van der Waals surface area contributed by atoms with E-state index in [0.29, 0.717) is 5.56 Å². The number of rotatable bonds is 1. The van der Waals surface area contributed by atoms with Crippen LogP contribution in [0.4, 0.5) is 0 Å². The summed E-state index contributed by atoms with van der Waals surface area (Å²) < 4.78 is 8.15. The first-order chi connectivity index (χ1) is 11.6. The summed E-state index contributed by atoms with van der Waals surface area (Å²) in [6.07, 6.45) is 2.12. The number of benzene rings is 2. The van der Waals surface area contributed by atoms with E-state index in [2.05, 4.69) is 62.0 Å². The van der Waals surface area contributed by atoms with E-state index in [0.717, 1.165) is 33.2 Å². The zero-order chi connectivity index (χ0) is 16.8. The predicted molar refractivity (Wildman–Crippen MR) is 94.5 cm³/mol. The van der Waals surface area contributed by atoms with E-state index in [4.69, 9.17) is 9.68 Å². The lowest BCUT2D eigenvalue weighted by atomic mass is 10.0. The van der Waals surface area contributed by atoms with Crippen molar-refractivity contribution in [2.45, 2.75) is 13.8 Å². The number of nitrogens with zero attached hydrogens (tertiary/aromatic N) is 2. The third kappa shape index (κ3) is 2.16. The van der Waals surface area contributed by atoms with E-state index in [1.807, 2.05) is 12.1 Å². The van der Waals surface area contributed by atoms with Crippen molar-refractivity contribution in [3.05, 3.63) is 65.4 Å². The van der Waals surface area contributed by atoms with Crippen molar-refractivity contribution >= 4 is 21.9 Å². The van der Waals surface area contributed by atoms with Crippen LogP contribution in [0.25, 0.3) is 33.2 Å². The van der Waals surface area contributed by atoms with Gasteiger partial charge in [-0.05, 0) is 55.8 Å². The molecule has 2 heterocycles. The average Bonchev–Trinajstić information content (AvgIpc) is 2.91. The van der Waals surface area contributed by atoms with Gasteiger partial charge in [-0.3, -0.25) is 0 Å². The molecule has 2 aromatic heterocycles. The van der Waals surface area contributed by atoms with Crippen molar-refractivity contribution in [2.24, 2.45) is 7.05 Å². The Bertz CT molecular complexity index is 1150. The van der Waals surface area contributed by atoms with Gasteiger partial charge in [-0.25, -0.2) is 4.57 Å². The minimum absolute atomic E-state index is 0.614. The molecule has 0 N–H and O–H groups in total. The highest BCUT2D eigenvalue weighted by atomic mass is 16.3. The second kappa shape index (κ2) is 5.21. The number of furan rings is 1. The van der Waals surface area contributed by atoms with Gasteiger partial charge < -0.3 is 4.42 Å². The molecule has 116 valence electrons. The molecule has 0 spiro atoms. The monoisotopic (exact) mass is 313 g/mol. The van der Waals surface area contributed by atoms with Gasteiger partial charge in [-0.1, -0.05) is 0 Å². The summed E-state index contributed by atoms with van der Waals surface area (Å²) in [6, 6.07) is 16.3. The highest BCUT2D eigenvalue weighted by molar-refractivity contribution is 6.06. The van der Waals surface area contributed by atoms with Gasteiger partial charge in [0.25, 0.3) is 0 Å². The summed E-state index contributed by atoms with van der Waals surface area (Å²) in [5, 5.41) is 11.2. The predicted octanol–water partition coefficient (Wildman–Crippen LogP) is 4.57. The fraction of sp³-hybridized carbons (Fsp3) is 0.143. The molecular formula is C21H17N2O+. The van der Waals surface area contributed by atoms with Crippen LogP contribution in [0.5, 0.6) is 0 Å². The Labute approximate surface area is 140 Å². The van der Waals surface area contributed by atoms with Crippen molar-refractivity contribution in [3.8, 4) is 17.3 Å². The third-order valence-electron chi connectivity index (χ3n) is 4.50. The maximum Gasteiger partial charge on any atom is 0.212 e. The number of pyridine rings is 1. The number of aromatic nitrogens is 1. The number of hydrogen-bond acceptors (Lipinski definition) is 2. The Morgan fingerprint density at radius 2 is 1.75 bits per heavy atom. The van der Waals surface area contributed by atoms with Gasteiger partial charge in [-0.15, -0.1) is 0 Å². The van der Waals surface area contributed by atoms with Crippen LogP contribution in [0.15, 0.2) is 53.1 Å². The third-order valence-corrected chi connectivity index (χ3v) is 4.50. The van der Waals surface area contributed by atoms with Gasteiger partial charge in [0.15, 0.2) is 6.20 Å². The van der Waals surface area contributed by atoms with Gasteiger partial charge in [-0.2, -0.15) is 5.26 Å². The molecule has 0 saturated carbocycles. The summed E-state index contributed by atoms with van der Waals surface area (Å²) in [5.41, 5.74) is 6.96. The molecule has 4 rings (SSSR count). The van der Waals surface area contributed by atoms with E-state index in [1.54, 1.807) is 6.07 Å². The van der Waals surface area contributed by atoms with Crippen molar-refractivity contribution in [1.29, 1.82) is 5.26 Å². The zero-order valence-corrected chi connectivity index (χ0v) is 13.9. The first-order valence-electron chi connectivity index (χ1n) is 7.90. The molecule has 24 heavy (non-hydrogen) atoms. The Morgan fingerprint density at radius 1 is 0.958 bits per heavy atom. The lowest BCUT2D eigenvalue weighted by Gasteiger charge is -2.05. The SMILES string of the molecule is Cc1ccc(-c2cc3oc4cc(C#N)ccc4c3cc2C)[n+](C)c1. The van der Waals surface area contributed by atoms with E-state index >= 15 is 0 Å². The van der Waals surface area contributed by atoms with E-state index in [9.17, 15) is 0 Å². The molecule has 4 aromatic rings. The molecule has 0 atom stereocenters. The Balaban J connectivity index is 2.00. The maximum absolute atomic E-state index is 9.07. The van der Waals surface area contributed by atoms with Gasteiger partial charge >= 0.3 is 0 Å². The number of nitriles is 1. The van der Waals surface area contributed by atoms with Crippen molar-refractivity contribution in [2.75, 3.05) is 0 Å². The first kappa shape index (κ1) is 14.5. The fourth-order valence-electron chi connectivity index (χ4n) is 3.30. The first-order valence-corrected chi connectivity index (χ1v) is 7.90. The lowest BCUT2D eigenvalue weighted by Crippen LogP contribution is -2.31. The van der Waals surface area contributed by atoms with Crippen LogP contribution in [0.2, 0.25) is 0 Å². The number of fused-ring (bicyclic) bond motifs is 3. The van der Waals surface area contributed by atoms with E-state index in [1.165, 1.54) is 11.1 Å². The maximum atomic E-state index is 9.07. The molecule has 0 saturated heterocycles. The Kier molecular flexibility index (Phi) is 3.14. The van der Waals surface area contributed by atoms with Gasteiger partial charge in [0.05, 0.1) is 17.2 Å². The molecule has 0 fully saturated rings. The van der Waals surface area contributed by atoms with Crippen LogP contribution in [0.1, 0.15) is 16.7 Å². The Morgan fingerprint density at radius 3 is 2.50 bits per heavy atom.